The summed E-state index contributed by atoms with van der Waals surface area (Å²) in [4.78, 5) is 15.3. The Hall–Kier alpha value is -7.21. The largest absolute Gasteiger partial charge is 0.456 e. The minimum Gasteiger partial charge on any atom is -0.456 e. The molecule has 0 unspecified atom stereocenters. The summed E-state index contributed by atoms with van der Waals surface area (Å²) in [5, 5.41) is 12.2. The highest BCUT2D eigenvalue weighted by Gasteiger charge is 2.19. The molecule has 0 aliphatic carbocycles. The van der Waals surface area contributed by atoms with Crippen molar-refractivity contribution in [3.05, 3.63) is 176 Å². The van der Waals surface area contributed by atoms with Crippen LogP contribution in [0.2, 0.25) is 0 Å². The highest BCUT2D eigenvalue weighted by molar-refractivity contribution is 7.25. The molecule has 9 aromatic carbocycles. The second-order valence-electron chi connectivity index (χ2n) is 14.3. The number of rotatable bonds is 4. The van der Waals surface area contributed by atoms with Crippen LogP contribution in [0.15, 0.2) is 180 Å². The van der Waals surface area contributed by atoms with Crippen molar-refractivity contribution in [3.63, 3.8) is 0 Å². The molecule has 5 heteroatoms. The summed E-state index contributed by atoms with van der Waals surface area (Å²) in [6, 6.07) is 62.3. The SMILES string of the molecule is c1ccc(-c2nc(-c3ccc4c(c3)sc3ccc(-c5ccc6c7ccccc7c7ccccc7c6c5)cc34)nc(-c3cccc4oc5ccccc5c34)n2)cc1. The van der Waals surface area contributed by atoms with Crippen molar-refractivity contribution in [3.8, 4) is 45.3 Å². The van der Waals surface area contributed by atoms with Gasteiger partial charge >= 0.3 is 0 Å². The van der Waals surface area contributed by atoms with Gasteiger partial charge in [-0.3, -0.25) is 0 Å². The number of aromatic nitrogens is 3. The fourth-order valence-corrected chi connectivity index (χ4v) is 9.61. The first-order valence-corrected chi connectivity index (χ1v) is 19.6. The van der Waals surface area contributed by atoms with Crippen LogP contribution in [0.3, 0.4) is 0 Å². The summed E-state index contributed by atoms with van der Waals surface area (Å²) >= 11 is 1.80. The fourth-order valence-electron chi connectivity index (χ4n) is 8.49. The summed E-state index contributed by atoms with van der Waals surface area (Å²) < 4.78 is 8.68. The molecule has 3 aromatic heterocycles. The summed E-state index contributed by atoms with van der Waals surface area (Å²) in [7, 11) is 0. The molecule has 0 spiro atoms. The zero-order valence-electron chi connectivity index (χ0n) is 29.9. The Morgan fingerprint density at radius 1 is 0.321 bits per heavy atom. The van der Waals surface area contributed by atoms with Crippen LogP contribution < -0.4 is 0 Å². The van der Waals surface area contributed by atoms with Gasteiger partial charge in [-0.05, 0) is 79.8 Å². The van der Waals surface area contributed by atoms with Gasteiger partial charge in [-0.15, -0.1) is 11.3 Å². The Labute approximate surface area is 325 Å². The number of hydrogen-bond donors (Lipinski definition) is 0. The topological polar surface area (TPSA) is 51.8 Å². The average Bonchev–Trinajstić information content (AvgIpc) is 3.84. The van der Waals surface area contributed by atoms with E-state index in [9.17, 15) is 0 Å². The Morgan fingerprint density at radius 2 is 0.875 bits per heavy atom. The van der Waals surface area contributed by atoms with Gasteiger partial charge < -0.3 is 4.42 Å². The number of nitrogens with zero attached hydrogens (tertiary/aromatic N) is 3. The summed E-state index contributed by atoms with van der Waals surface area (Å²) in [5.41, 5.74) is 6.86. The summed E-state index contributed by atoms with van der Waals surface area (Å²) in [5.74, 6) is 1.88. The first-order valence-electron chi connectivity index (χ1n) is 18.8. The normalized spacial score (nSPS) is 11.9. The van der Waals surface area contributed by atoms with Crippen molar-refractivity contribution in [2.75, 3.05) is 0 Å². The third-order valence-electron chi connectivity index (χ3n) is 11.1. The van der Waals surface area contributed by atoms with Crippen LogP contribution >= 0.6 is 11.3 Å². The number of fused-ring (bicyclic) bond motifs is 12. The molecule has 0 aliphatic rings. The molecule has 12 rings (SSSR count). The first-order chi connectivity index (χ1) is 27.7. The second kappa shape index (κ2) is 12.2. The maximum Gasteiger partial charge on any atom is 0.164 e. The lowest BCUT2D eigenvalue weighted by molar-refractivity contribution is 0.669. The molecule has 0 radical (unpaired) electrons. The van der Waals surface area contributed by atoms with E-state index in [2.05, 4.69) is 115 Å². The predicted molar refractivity (Wildman–Crippen MR) is 234 cm³/mol. The van der Waals surface area contributed by atoms with Crippen LogP contribution in [0.25, 0.3) is 120 Å². The smallest absolute Gasteiger partial charge is 0.164 e. The van der Waals surface area contributed by atoms with E-state index in [0.29, 0.717) is 17.5 Å². The number of para-hydroxylation sites is 1. The fraction of sp³-hybridized carbons (Fsp3) is 0. The van der Waals surface area contributed by atoms with Gasteiger partial charge in [0.2, 0.25) is 0 Å². The Kier molecular flexibility index (Phi) is 6.76. The lowest BCUT2D eigenvalue weighted by atomic mass is 9.92. The van der Waals surface area contributed by atoms with E-state index in [-0.39, 0.29) is 0 Å². The monoisotopic (exact) mass is 731 g/mol. The summed E-state index contributed by atoms with van der Waals surface area (Å²) in [6.45, 7) is 0. The number of benzene rings is 9. The van der Waals surface area contributed by atoms with E-state index < -0.39 is 0 Å². The molecule has 0 aliphatic heterocycles. The van der Waals surface area contributed by atoms with E-state index in [1.165, 1.54) is 63.6 Å². The van der Waals surface area contributed by atoms with Crippen LogP contribution in [-0.2, 0) is 0 Å². The van der Waals surface area contributed by atoms with Crippen LogP contribution in [0.4, 0.5) is 0 Å². The zero-order valence-corrected chi connectivity index (χ0v) is 30.7. The molecule has 260 valence electrons. The average molecular weight is 732 g/mol. The van der Waals surface area contributed by atoms with Crippen LogP contribution in [0, 0.1) is 0 Å². The molecule has 0 saturated carbocycles. The van der Waals surface area contributed by atoms with E-state index in [0.717, 1.165) is 38.6 Å². The molecule has 0 N–H and O–H groups in total. The van der Waals surface area contributed by atoms with E-state index in [1.807, 2.05) is 60.7 Å². The van der Waals surface area contributed by atoms with Gasteiger partial charge in [-0.1, -0.05) is 140 Å². The Bertz CT molecular complexity index is 3510. The van der Waals surface area contributed by atoms with Crippen molar-refractivity contribution in [2.45, 2.75) is 0 Å². The van der Waals surface area contributed by atoms with Crippen molar-refractivity contribution in [2.24, 2.45) is 0 Å². The van der Waals surface area contributed by atoms with Gasteiger partial charge in [-0.25, -0.2) is 15.0 Å². The molecule has 0 amide bonds. The minimum absolute atomic E-state index is 0.614. The van der Waals surface area contributed by atoms with E-state index in [4.69, 9.17) is 19.4 Å². The highest BCUT2D eigenvalue weighted by atomic mass is 32.1. The van der Waals surface area contributed by atoms with E-state index >= 15 is 0 Å². The number of thiophene rings is 1. The molecular formula is C51H29N3OS. The third kappa shape index (κ3) is 4.81. The molecule has 0 bridgehead atoms. The van der Waals surface area contributed by atoms with Crippen molar-refractivity contribution in [1.82, 2.24) is 15.0 Å². The van der Waals surface area contributed by atoms with Gasteiger partial charge in [0.1, 0.15) is 11.2 Å². The zero-order chi connectivity index (χ0) is 36.7. The van der Waals surface area contributed by atoms with Crippen molar-refractivity contribution in [1.29, 1.82) is 0 Å². The summed E-state index contributed by atoms with van der Waals surface area (Å²) in [6.07, 6.45) is 0. The van der Waals surface area contributed by atoms with Gasteiger partial charge in [0.25, 0.3) is 0 Å². The number of furan rings is 1. The maximum absolute atomic E-state index is 6.24. The van der Waals surface area contributed by atoms with Crippen LogP contribution in [0.5, 0.6) is 0 Å². The molecule has 0 saturated heterocycles. The molecule has 0 atom stereocenters. The Balaban J connectivity index is 0.996. The standard InChI is InChI=1S/C51H29N3OS/c1-2-11-30(12-3-1)49-52-50(54-51(53-49)41-18-10-20-45-48(41)40-17-8-9-19-44(40)55-45)33-22-25-39-43-28-32(23-26-46(43)56-47(39)29-33)31-21-24-38-36-15-5-4-13-34(36)35-14-6-7-16-37(35)42(38)27-31/h1-29H. The van der Waals surface area contributed by atoms with Gasteiger partial charge in [-0.2, -0.15) is 0 Å². The predicted octanol–water partition coefficient (Wildman–Crippen LogP) is 14.3. The quantitative estimate of drug-likeness (QED) is 0.169. The number of hydrogen-bond acceptors (Lipinski definition) is 5. The van der Waals surface area contributed by atoms with Crippen LogP contribution in [-0.4, -0.2) is 15.0 Å². The second-order valence-corrected chi connectivity index (χ2v) is 15.4. The molecule has 12 aromatic rings. The van der Waals surface area contributed by atoms with Gasteiger partial charge in [0.15, 0.2) is 17.5 Å². The lowest BCUT2D eigenvalue weighted by Gasteiger charge is -2.12. The molecular weight excluding hydrogens is 703 g/mol. The molecule has 4 nitrogen and oxygen atoms in total. The minimum atomic E-state index is 0.614. The van der Waals surface area contributed by atoms with Gasteiger partial charge in [0, 0.05) is 47.6 Å². The molecule has 0 fully saturated rings. The third-order valence-corrected chi connectivity index (χ3v) is 12.3. The van der Waals surface area contributed by atoms with Crippen molar-refractivity contribution < 1.29 is 4.42 Å². The highest BCUT2D eigenvalue weighted by Crippen LogP contribution is 2.42. The first kappa shape index (κ1) is 31.2. The van der Waals surface area contributed by atoms with E-state index in [1.54, 1.807) is 11.3 Å². The lowest BCUT2D eigenvalue weighted by Crippen LogP contribution is -2.00. The van der Waals surface area contributed by atoms with Gasteiger partial charge in [0.05, 0.1) is 0 Å². The van der Waals surface area contributed by atoms with Crippen LogP contribution in [0.1, 0.15) is 0 Å². The maximum atomic E-state index is 6.24. The molecule has 56 heavy (non-hydrogen) atoms. The molecule has 3 heterocycles. The Morgan fingerprint density at radius 3 is 1.64 bits per heavy atom. The van der Waals surface area contributed by atoms with Crippen molar-refractivity contribution >= 4 is 85.8 Å².